The SMILES string of the molecule is O=C1NS(=O)(=O)c2cccc(-c3cnc(N4CCOCC4)c4nc(/C=C/c5ccc6ccccc6n5)cn34)c21. The number of nitrogens with zero attached hydrogens (tertiary/aromatic N) is 5. The molecule has 1 N–H and O–H groups in total. The number of ether oxygens (including phenoxy) is 1. The maximum absolute atomic E-state index is 12.7. The normalized spacial score (nSPS) is 16.7. The summed E-state index contributed by atoms with van der Waals surface area (Å²) in [6.45, 7) is 2.51. The van der Waals surface area contributed by atoms with Crippen LogP contribution < -0.4 is 9.62 Å². The van der Waals surface area contributed by atoms with Crippen LogP contribution in [-0.4, -0.2) is 60.0 Å². The Morgan fingerprint density at radius 3 is 2.62 bits per heavy atom. The molecule has 1 fully saturated rings. The number of anilines is 1. The molecule has 0 saturated carbocycles. The van der Waals surface area contributed by atoms with Gasteiger partial charge in [0, 0.05) is 30.2 Å². The highest BCUT2D eigenvalue weighted by Crippen LogP contribution is 2.34. The number of fused-ring (bicyclic) bond motifs is 3. The van der Waals surface area contributed by atoms with E-state index >= 15 is 0 Å². The summed E-state index contributed by atoms with van der Waals surface area (Å²) >= 11 is 0. The number of pyridine rings is 1. The van der Waals surface area contributed by atoms with E-state index < -0.39 is 15.9 Å². The zero-order valence-electron chi connectivity index (χ0n) is 20.6. The lowest BCUT2D eigenvalue weighted by molar-refractivity contribution is 0.0985. The van der Waals surface area contributed by atoms with Crippen molar-refractivity contribution in [2.75, 3.05) is 31.2 Å². The molecule has 0 aliphatic carbocycles. The minimum Gasteiger partial charge on any atom is -0.378 e. The van der Waals surface area contributed by atoms with Crippen LogP contribution in [0.4, 0.5) is 5.82 Å². The number of sulfonamides is 1. The first kappa shape index (κ1) is 23.5. The van der Waals surface area contributed by atoms with Crippen LogP contribution in [0, 0.1) is 0 Å². The largest absolute Gasteiger partial charge is 0.378 e. The van der Waals surface area contributed by atoms with Crippen molar-refractivity contribution in [2.24, 2.45) is 0 Å². The molecule has 194 valence electrons. The average molecular weight is 539 g/mol. The number of para-hydroxylation sites is 1. The number of benzene rings is 2. The Morgan fingerprint density at radius 1 is 0.923 bits per heavy atom. The Hall–Kier alpha value is -4.61. The number of nitrogens with one attached hydrogen (secondary N) is 1. The highest BCUT2D eigenvalue weighted by Gasteiger charge is 2.35. The number of aromatic nitrogens is 4. The van der Waals surface area contributed by atoms with Gasteiger partial charge in [0.1, 0.15) is 4.90 Å². The summed E-state index contributed by atoms with van der Waals surface area (Å²) in [6.07, 6.45) is 7.29. The van der Waals surface area contributed by atoms with E-state index in [0.717, 1.165) is 16.6 Å². The van der Waals surface area contributed by atoms with Gasteiger partial charge in [-0.15, -0.1) is 0 Å². The Bertz CT molecular complexity index is 1930. The van der Waals surface area contributed by atoms with Gasteiger partial charge in [-0.3, -0.25) is 9.20 Å². The van der Waals surface area contributed by atoms with Crippen LogP contribution in [0.2, 0.25) is 0 Å². The second kappa shape index (κ2) is 9.00. The standard InChI is InChI=1S/C28H22N6O4S/c35-28-25-21(5-3-7-24(25)39(36,37)32-28)23-16-29-26(33-12-14-38-15-13-33)27-31-20(17-34(23)27)11-10-19-9-8-18-4-1-2-6-22(18)30-19/h1-11,16-17H,12-15H2,(H,32,35)/b11-10+. The summed E-state index contributed by atoms with van der Waals surface area (Å²) in [6, 6.07) is 16.7. The highest BCUT2D eigenvalue weighted by atomic mass is 32.2. The summed E-state index contributed by atoms with van der Waals surface area (Å²) in [5, 5.41) is 1.06. The molecule has 0 atom stereocenters. The molecule has 7 rings (SSSR count). The van der Waals surface area contributed by atoms with Crippen LogP contribution in [0.3, 0.4) is 0 Å². The van der Waals surface area contributed by atoms with Gasteiger partial charge in [0.25, 0.3) is 15.9 Å². The van der Waals surface area contributed by atoms with Gasteiger partial charge in [-0.05, 0) is 30.4 Å². The number of rotatable bonds is 4. The Morgan fingerprint density at radius 2 is 1.74 bits per heavy atom. The van der Waals surface area contributed by atoms with Gasteiger partial charge in [0.15, 0.2) is 11.5 Å². The maximum atomic E-state index is 12.7. The van der Waals surface area contributed by atoms with Crippen molar-refractivity contribution in [3.8, 4) is 11.3 Å². The van der Waals surface area contributed by atoms with E-state index in [-0.39, 0.29) is 10.5 Å². The van der Waals surface area contributed by atoms with Crippen molar-refractivity contribution in [3.05, 3.63) is 83.9 Å². The molecule has 0 bridgehead atoms. The molecule has 39 heavy (non-hydrogen) atoms. The number of hydrogen-bond donors (Lipinski definition) is 1. The van der Waals surface area contributed by atoms with Crippen molar-refractivity contribution < 1.29 is 17.9 Å². The molecule has 3 aromatic heterocycles. The van der Waals surface area contributed by atoms with Crippen LogP contribution in [0.15, 0.2) is 71.9 Å². The fraction of sp³-hybridized carbons (Fsp3) is 0.143. The lowest BCUT2D eigenvalue weighted by atomic mass is 10.0. The minimum absolute atomic E-state index is 0.0435. The quantitative estimate of drug-likeness (QED) is 0.370. The highest BCUT2D eigenvalue weighted by molar-refractivity contribution is 7.90. The van der Waals surface area contributed by atoms with Crippen molar-refractivity contribution in [1.29, 1.82) is 0 Å². The minimum atomic E-state index is -3.90. The Labute approximate surface area is 223 Å². The smallest absolute Gasteiger partial charge is 0.267 e. The molecule has 1 amide bonds. The molecule has 0 spiro atoms. The van der Waals surface area contributed by atoms with Crippen LogP contribution in [0.1, 0.15) is 21.7 Å². The van der Waals surface area contributed by atoms with E-state index in [0.29, 0.717) is 54.7 Å². The lowest BCUT2D eigenvalue weighted by Gasteiger charge is -2.28. The Kier molecular flexibility index (Phi) is 5.42. The van der Waals surface area contributed by atoms with Crippen molar-refractivity contribution in [1.82, 2.24) is 24.1 Å². The van der Waals surface area contributed by atoms with Crippen LogP contribution in [-0.2, 0) is 14.8 Å². The number of morpholine rings is 1. The first-order valence-electron chi connectivity index (χ1n) is 12.4. The maximum Gasteiger partial charge on any atom is 0.267 e. The molecule has 2 aliphatic heterocycles. The topological polar surface area (TPSA) is 119 Å². The van der Waals surface area contributed by atoms with Gasteiger partial charge in [-0.25, -0.2) is 28.1 Å². The molecule has 10 nitrogen and oxygen atoms in total. The van der Waals surface area contributed by atoms with E-state index in [1.54, 1.807) is 18.3 Å². The summed E-state index contributed by atoms with van der Waals surface area (Å²) < 4.78 is 34.4. The lowest BCUT2D eigenvalue weighted by Crippen LogP contribution is -2.37. The van der Waals surface area contributed by atoms with Gasteiger partial charge in [0.05, 0.1) is 47.6 Å². The predicted molar refractivity (Wildman–Crippen MR) is 147 cm³/mol. The Balaban J connectivity index is 1.37. The van der Waals surface area contributed by atoms with Crippen LogP contribution in [0.25, 0.3) is 40.0 Å². The molecule has 2 aromatic carbocycles. The zero-order valence-corrected chi connectivity index (χ0v) is 21.4. The van der Waals surface area contributed by atoms with Gasteiger partial charge in [0.2, 0.25) is 0 Å². The fourth-order valence-electron chi connectivity index (χ4n) is 5.04. The second-order valence-corrected chi connectivity index (χ2v) is 11.0. The fourth-order valence-corrected chi connectivity index (χ4v) is 6.22. The average Bonchev–Trinajstić information content (AvgIpc) is 3.49. The van der Waals surface area contributed by atoms with Crippen molar-refractivity contribution in [3.63, 3.8) is 0 Å². The molecular weight excluding hydrogens is 516 g/mol. The van der Waals surface area contributed by atoms with E-state index in [1.165, 1.54) is 6.07 Å². The van der Waals surface area contributed by atoms with Gasteiger partial charge >= 0.3 is 0 Å². The summed E-state index contributed by atoms with van der Waals surface area (Å²) in [7, 11) is -3.90. The summed E-state index contributed by atoms with van der Waals surface area (Å²) in [4.78, 5) is 29.1. The van der Waals surface area contributed by atoms with Crippen molar-refractivity contribution >= 4 is 50.5 Å². The number of carbonyl (C=O) groups is 1. The molecule has 5 heterocycles. The molecule has 2 aliphatic rings. The zero-order chi connectivity index (χ0) is 26.6. The first-order chi connectivity index (χ1) is 19.0. The van der Waals surface area contributed by atoms with Gasteiger partial charge < -0.3 is 9.64 Å². The van der Waals surface area contributed by atoms with Gasteiger partial charge in [-0.2, -0.15) is 0 Å². The van der Waals surface area contributed by atoms with E-state index in [9.17, 15) is 13.2 Å². The summed E-state index contributed by atoms with van der Waals surface area (Å²) in [5.74, 6) is 0.0313. The third-order valence-corrected chi connectivity index (χ3v) is 8.27. The number of hydrogen-bond acceptors (Lipinski definition) is 8. The number of imidazole rings is 1. The number of amides is 1. The summed E-state index contributed by atoms with van der Waals surface area (Å²) in [5.41, 5.74) is 4.08. The van der Waals surface area contributed by atoms with Crippen LogP contribution >= 0.6 is 0 Å². The molecule has 0 radical (unpaired) electrons. The third-order valence-electron chi connectivity index (χ3n) is 6.89. The van der Waals surface area contributed by atoms with E-state index in [2.05, 4.69) is 9.62 Å². The van der Waals surface area contributed by atoms with Crippen molar-refractivity contribution in [2.45, 2.75) is 4.90 Å². The second-order valence-electron chi connectivity index (χ2n) is 9.30. The number of carbonyl (C=O) groups excluding carboxylic acids is 1. The molecule has 0 unspecified atom stereocenters. The van der Waals surface area contributed by atoms with E-state index in [1.807, 2.05) is 59.1 Å². The predicted octanol–water partition coefficient (Wildman–Crippen LogP) is 3.38. The van der Waals surface area contributed by atoms with E-state index in [4.69, 9.17) is 19.7 Å². The van der Waals surface area contributed by atoms with Gasteiger partial charge in [-0.1, -0.05) is 36.4 Å². The molecule has 11 heteroatoms. The third kappa shape index (κ3) is 4.03. The molecule has 5 aromatic rings. The molecule has 1 saturated heterocycles. The molecular formula is C28H22N6O4S. The monoisotopic (exact) mass is 538 g/mol. The van der Waals surface area contributed by atoms with Crippen LogP contribution in [0.5, 0.6) is 0 Å². The first-order valence-corrected chi connectivity index (χ1v) is 13.9.